The van der Waals surface area contributed by atoms with Crippen LogP contribution in [0.25, 0.3) is 11.4 Å². The number of halogens is 2. The Balaban J connectivity index is 2.22. The maximum absolute atomic E-state index is 13.2. The second-order valence-corrected chi connectivity index (χ2v) is 4.21. The molecule has 0 fully saturated rings. The van der Waals surface area contributed by atoms with Crippen molar-refractivity contribution in [2.75, 3.05) is 6.54 Å². The van der Waals surface area contributed by atoms with Crippen molar-refractivity contribution >= 4 is 0 Å². The van der Waals surface area contributed by atoms with Gasteiger partial charge in [-0.1, -0.05) is 6.92 Å². The molecule has 5 heteroatoms. The van der Waals surface area contributed by atoms with Gasteiger partial charge in [0.2, 0.25) is 0 Å². The smallest absolute Gasteiger partial charge is 0.159 e. The van der Waals surface area contributed by atoms with Crippen molar-refractivity contribution in [3.63, 3.8) is 0 Å². The summed E-state index contributed by atoms with van der Waals surface area (Å²) in [4.78, 5) is 8.34. The van der Waals surface area contributed by atoms with Crippen molar-refractivity contribution in [2.24, 2.45) is 0 Å². The number of hydrogen-bond donors (Lipinski definition) is 1. The summed E-state index contributed by atoms with van der Waals surface area (Å²) in [7, 11) is 0. The SMILES string of the molecule is CCCNCc1ccnc(-c2cc(F)cc(F)c2)n1. The number of aromatic nitrogens is 2. The molecule has 100 valence electrons. The predicted molar refractivity (Wildman–Crippen MR) is 69.4 cm³/mol. The van der Waals surface area contributed by atoms with Crippen LogP contribution in [0.2, 0.25) is 0 Å². The standard InChI is InChI=1S/C14H15F2N3/c1-2-4-17-9-13-3-5-18-14(19-13)10-6-11(15)8-12(16)7-10/h3,5-8,17H,2,4,9H2,1H3. The number of nitrogens with one attached hydrogen (secondary N) is 1. The van der Waals surface area contributed by atoms with Crippen molar-refractivity contribution in [1.82, 2.24) is 15.3 Å². The highest BCUT2D eigenvalue weighted by Gasteiger charge is 2.06. The van der Waals surface area contributed by atoms with Crippen molar-refractivity contribution in [2.45, 2.75) is 19.9 Å². The molecule has 3 nitrogen and oxygen atoms in total. The van der Waals surface area contributed by atoms with Crippen molar-refractivity contribution in [1.29, 1.82) is 0 Å². The van der Waals surface area contributed by atoms with Gasteiger partial charge in [-0.3, -0.25) is 0 Å². The summed E-state index contributed by atoms with van der Waals surface area (Å²) < 4.78 is 26.3. The fraction of sp³-hybridized carbons (Fsp3) is 0.286. The summed E-state index contributed by atoms with van der Waals surface area (Å²) in [6.45, 7) is 3.59. The van der Waals surface area contributed by atoms with Gasteiger partial charge >= 0.3 is 0 Å². The Bertz CT molecular complexity index is 538. The number of rotatable bonds is 5. The minimum absolute atomic E-state index is 0.328. The zero-order chi connectivity index (χ0) is 13.7. The molecule has 0 aliphatic heterocycles. The van der Waals surface area contributed by atoms with Crippen LogP contribution >= 0.6 is 0 Å². The molecule has 2 aromatic rings. The van der Waals surface area contributed by atoms with Crippen LogP contribution in [0.3, 0.4) is 0 Å². The molecule has 0 spiro atoms. The maximum atomic E-state index is 13.2. The van der Waals surface area contributed by atoms with Crippen LogP contribution in [-0.4, -0.2) is 16.5 Å². The molecule has 1 aromatic heterocycles. The number of hydrogen-bond acceptors (Lipinski definition) is 3. The van der Waals surface area contributed by atoms with E-state index in [1.54, 1.807) is 12.3 Å². The molecule has 0 saturated heterocycles. The Morgan fingerprint density at radius 3 is 2.58 bits per heavy atom. The first-order valence-corrected chi connectivity index (χ1v) is 6.18. The third kappa shape index (κ3) is 3.79. The molecule has 0 aliphatic rings. The molecule has 0 atom stereocenters. The van der Waals surface area contributed by atoms with E-state index in [-0.39, 0.29) is 0 Å². The topological polar surface area (TPSA) is 37.8 Å². The van der Waals surface area contributed by atoms with Crippen LogP contribution in [0.1, 0.15) is 19.0 Å². The molecule has 19 heavy (non-hydrogen) atoms. The van der Waals surface area contributed by atoms with E-state index in [4.69, 9.17) is 0 Å². The first-order valence-electron chi connectivity index (χ1n) is 6.18. The van der Waals surface area contributed by atoms with Gasteiger partial charge < -0.3 is 5.32 Å². The first kappa shape index (κ1) is 13.5. The molecule has 0 radical (unpaired) electrons. The lowest BCUT2D eigenvalue weighted by molar-refractivity contribution is 0.584. The molecule has 0 bridgehead atoms. The van der Waals surface area contributed by atoms with Crippen molar-refractivity contribution < 1.29 is 8.78 Å². The lowest BCUT2D eigenvalue weighted by atomic mass is 10.2. The van der Waals surface area contributed by atoms with E-state index < -0.39 is 11.6 Å². The summed E-state index contributed by atoms with van der Waals surface area (Å²) in [5.41, 5.74) is 1.14. The monoisotopic (exact) mass is 263 g/mol. The van der Waals surface area contributed by atoms with E-state index in [9.17, 15) is 8.78 Å². The molecular formula is C14H15F2N3. The lowest BCUT2D eigenvalue weighted by Gasteiger charge is -2.05. The normalized spacial score (nSPS) is 10.7. The second kappa shape index (κ2) is 6.33. The third-order valence-corrected chi connectivity index (χ3v) is 2.57. The number of nitrogens with zero attached hydrogens (tertiary/aromatic N) is 2. The van der Waals surface area contributed by atoms with Crippen LogP contribution in [0.15, 0.2) is 30.5 Å². The molecule has 0 amide bonds. The van der Waals surface area contributed by atoms with E-state index >= 15 is 0 Å². The van der Waals surface area contributed by atoms with Gasteiger partial charge in [-0.05, 0) is 31.2 Å². The van der Waals surface area contributed by atoms with E-state index in [0.717, 1.165) is 24.7 Å². The van der Waals surface area contributed by atoms with Gasteiger partial charge in [0.15, 0.2) is 5.82 Å². The fourth-order valence-corrected chi connectivity index (χ4v) is 1.71. The van der Waals surface area contributed by atoms with E-state index in [2.05, 4.69) is 22.2 Å². The molecule has 0 aliphatic carbocycles. The van der Waals surface area contributed by atoms with E-state index in [1.165, 1.54) is 12.1 Å². The second-order valence-electron chi connectivity index (χ2n) is 4.21. The Hall–Kier alpha value is -1.88. The third-order valence-electron chi connectivity index (χ3n) is 2.57. The Morgan fingerprint density at radius 2 is 1.89 bits per heavy atom. The summed E-state index contributed by atoms with van der Waals surface area (Å²) in [5, 5.41) is 3.21. The highest BCUT2D eigenvalue weighted by Crippen LogP contribution is 2.17. The zero-order valence-corrected chi connectivity index (χ0v) is 10.7. The van der Waals surface area contributed by atoms with Gasteiger partial charge in [0.25, 0.3) is 0 Å². The molecule has 2 rings (SSSR count). The van der Waals surface area contributed by atoms with Gasteiger partial charge in [0.1, 0.15) is 11.6 Å². The van der Waals surface area contributed by atoms with Gasteiger partial charge in [-0.2, -0.15) is 0 Å². The average molecular weight is 263 g/mol. The largest absolute Gasteiger partial charge is 0.311 e. The predicted octanol–water partition coefficient (Wildman–Crippen LogP) is 2.92. The van der Waals surface area contributed by atoms with Gasteiger partial charge in [-0.15, -0.1) is 0 Å². The summed E-state index contributed by atoms with van der Waals surface area (Å²) in [6, 6.07) is 5.06. The van der Waals surface area contributed by atoms with Crippen molar-refractivity contribution in [3.05, 3.63) is 47.8 Å². The van der Waals surface area contributed by atoms with Crippen LogP contribution in [0, 0.1) is 11.6 Å². The molecular weight excluding hydrogens is 248 g/mol. The average Bonchev–Trinajstić information content (AvgIpc) is 2.38. The molecule has 1 heterocycles. The minimum Gasteiger partial charge on any atom is -0.311 e. The molecule has 0 unspecified atom stereocenters. The molecule has 1 aromatic carbocycles. The highest BCUT2D eigenvalue weighted by molar-refractivity contribution is 5.54. The Morgan fingerprint density at radius 1 is 1.16 bits per heavy atom. The molecule has 0 saturated carbocycles. The van der Waals surface area contributed by atoms with Crippen molar-refractivity contribution in [3.8, 4) is 11.4 Å². The van der Waals surface area contributed by atoms with Crippen LogP contribution in [0.4, 0.5) is 8.78 Å². The van der Waals surface area contributed by atoms with Crippen LogP contribution in [-0.2, 0) is 6.54 Å². The first-order chi connectivity index (χ1) is 9.19. The van der Waals surface area contributed by atoms with Gasteiger partial charge in [0, 0.05) is 24.4 Å². The van der Waals surface area contributed by atoms with E-state index in [1.807, 2.05) is 0 Å². The Labute approximate surface area is 110 Å². The Kier molecular flexibility index (Phi) is 4.52. The van der Waals surface area contributed by atoms with Crippen LogP contribution < -0.4 is 5.32 Å². The van der Waals surface area contributed by atoms with Crippen LogP contribution in [0.5, 0.6) is 0 Å². The summed E-state index contributed by atoms with van der Waals surface area (Å²) in [6.07, 6.45) is 2.63. The summed E-state index contributed by atoms with van der Waals surface area (Å²) in [5.74, 6) is -0.935. The zero-order valence-electron chi connectivity index (χ0n) is 10.7. The highest BCUT2D eigenvalue weighted by atomic mass is 19.1. The molecule has 1 N–H and O–H groups in total. The lowest BCUT2D eigenvalue weighted by Crippen LogP contribution is -2.15. The van der Waals surface area contributed by atoms with Gasteiger partial charge in [-0.25, -0.2) is 18.7 Å². The summed E-state index contributed by atoms with van der Waals surface area (Å²) >= 11 is 0. The van der Waals surface area contributed by atoms with E-state index in [0.29, 0.717) is 17.9 Å². The van der Waals surface area contributed by atoms with Gasteiger partial charge in [0.05, 0.1) is 5.69 Å². The fourth-order valence-electron chi connectivity index (χ4n) is 1.71. The quantitative estimate of drug-likeness (QED) is 0.843. The minimum atomic E-state index is -0.631. The maximum Gasteiger partial charge on any atom is 0.159 e. The number of benzene rings is 1.